The third-order valence-corrected chi connectivity index (χ3v) is 4.46. The number of rotatable bonds is 2. The zero-order valence-electron chi connectivity index (χ0n) is 10.0. The molecule has 0 unspecified atom stereocenters. The Morgan fingerprint density at radius 2 is 2.21 bits per heavy atom. The Kier molecular flexibility index (Phi) is 3.17. The number of aromatic nitrogens is 3. The van der Waals surface area contributed by atoms with Gasteiger partial charge in [0.1, 0.15) is 5.82 Å². The Morgan fingerprint density at radius 3 is 2.89 bits per heavy atom. The molecule has 19 heavy (non-hydrogen) atoms. The van der Waals surface area contributed by atoms with Gasteiger partial charge in [-0.05, 0) is 35.6 Å². The Labute approximate surface area is 126 Å². The highest BCUT2D eigenvalue weighted by Crippen LogP contribution is 2.24. The first kappa shape index (κ1) is 12.8. The second-order valence-electron chi connectivity index (χ2n) is 4.17. The second-order valence-corrected chi connectivity index (χ2v) is 6.39. The van der Waals surface area contributed by atoms with Crippen molar-refractivity contribution in [1.29, 1.82) is 0 Å². The molecule has 2 heterocycles. The van der Waals surface area contributed by atoms with Gasteiger partial charge in [-0.1, -0.05) is 0 Å². The van der Waals surface area contributed by atoms with E-state index < -0.39 is 0 Å². The number of hydrogen-bond acceptors (Lipinski definition) is 4. The average Bonchev–Trinajstić information content (AvgIpc) is 2.87. The summed E-state index contributed by atoms with van der Waals surface area (Å²) < 4.78 is 16.0. The summed E-state index contributed by atoms with van der Waals surface area (Å²) >= 11 is 3.53. The normalized spacial score (nSPS) is 11.3. The van der Waals surface area contributed by atoms with E-state index in [9.17, 15) is 4.39 Å². The molecule has 0 amide bonds. The highest BCUT2D eigenvalue weighted by atomic mass is 127. The van der Waals surface area contributed by atoms with E-state index in [1.54, 1.807) is 22.0 Å². The second kappa shape index (κ2) is 4.71. The molecule has 0 aliphatic heterocycles. The number of nitrogens with zero attached hydrogens (tertiary/aromatic N) is 3. The van der Waals surface area contributed by atoms with Crippen LogP contribution >= 0.6 is 33.9 Å². The van der Waals surface area contributed by atoms with E-state index in [1.165, 1.54) is 6.07 Å². The van der Waals surface area contributed by atoms with E-state index in [-0.39, 0.29) is 5.82 Å². The third-order valence-electron chi connectivity index (χ3n) is 2.81. The maximum Gasteiger partial charge on any atom is 0.201 e. The number of fused-ring (bicyclic) bond motifs is 1. The summed E-state index contributed by atoms with van der Waals surface area (Å²) in [5.41, 5.74) is 8.22. The molecule has 0 aliphatic carbocycles. The molecule has 3 aromatic rings. The zero-order chi connectivity index (χ0) is 13.6. The van der Waals surface area contributed by atoms with E-state index in [2.05, 4.69) is 9.97 Å². The topological polar surface area (TPSA) is 56.7 Å². The number of imidazole rings is 1. The van der Waals surface area contributed by atoms with Crippen LogP contribution in [0, 0.1) is 16.3 Å². The van der Waals surface area contributed by atoms with Crippen molar-refractivity contribution in [3.05, 3.63) is 37.6 Å². The smallest absolute Gasteiger partial charge is 0.201 e. The fourth-order valence-corrected chi connectivity index (χ4v) is 3.00. The number of nitrogens with two attached hydrogens (primary N) is 1. The van der Waals surface area contributed by atoms with Gasteiger partial charge in [-0.25, -0.2) is 14.4 Å². The number of nitrogen functional groups attached to an aromatic ring is 1. The fourth-order valence-electron chi connectivity index (χ4n) is 1.95. The first-order valence-electron chi connectivity index (χ1n) is 5.56. The quantitative estimate of drug-likeness (QED) is 0.687. The molecule has 2 aromatic heterocycles. The monoisotopic (exact) mass is 388 g/mol. The molecule has 3 rings (SSSR count). The van der Waals surface area contributed by atoms with Crippen LogP contribution in [0.2, 0.25) is 0 Å². The number of thiazole rings is 1. The minimum absolute atomic E-state index is 0.260. The minimum atomic E-state index is -0.260. The molecule has 0 spiro atoms. The van der Waals surface area contributed by atoms with Gasteiger partial charge < -0.3 is 10.3 Å². The summed E-state index contributed by atoms with van der Waals surface area (Å²) in [5, 5.41) is 2.97. The van der Waals surface area contributed by atoms with Crippen molar-refractivity contribution in [2.24, 2.45) is 0 Å². The van der Waals surface area contributed by atoms with Crippen LogP contribution in [-0.4, -0.2) is 14.5 Å². The average molecular weight is 388 g/mol. The number of benzene rings is 1. The van der Waals surface area contributed by atoms with E-state index >= 15 is 0 Å². The molecular formula is C12H10FIN4S. The first-order valence-corrected chi connectivity index (χ1v) is 7.52. The molecule has 0 saturated heterocycles. The van der Waals surface area contributed by atoms with Gasteiger partial charge in [0, 0.05) is 11.4 Å². The van der Waals surface area contributed by atoms with Crippen molar-refractivity contribution in [2.75, 3.05) is 5.73 Å². The van der Waals surface area contributed by atoms with Gasteiger partial charge in [-0.2, -0.15) is 0 Å². The molecule has 0 saturated carbocycles. The van der Waals surface area contributed by atoms with Crippen molar-refractivity contribution in [1.82, 2.24) is 14.5 Å². The van der Waals surface area contributed by atoms with Gasteiger partial charge >= 0.3 is 0 Å². The lowest BCUT2D eigenvalue weighted by Crippen LogP contribution is -2.05. The molecule has 0 fully saturated rings. The minimum Gasteiger partial charge on any atom is -0.369 e. The molecule has 98 valence electrons. The summed E-state index contributed by atoms with van der Waals surface area (Å²) in [6, 6.07) is 3.17. The lowest BCUT2D eigenvalue weighted by Gasteiger charge is -2.04. The highest BCUT2D eigenvalue weighted by Gasteiger charge is 2.12. The van der Waals surface area contributed by atoms with Crippen molar-refractivity contribution in [2.45, 2.75) is 13.5 Å². The molecule has 0 aliphatic rings. The summed E-state index contributed by atoms with van der Waals surface area (Å²) in [4.78, 5) is 8.66. The number of halogens is 2. The molecular weight excluding hydrogens is 378 g/mol. The van der Waals surface area contributed by atoms with E-state index in [1.807, 2.05) is 34.9 Å². The fraction of sp³-hybridized carbons (Fsp3) is 0.167. The van der Waals surface area contributed by atoms with Gasteiger partial charge in [0.2, 0.25) is 5.95 Å². The van der Waals surface area contributed by atoms with Gasteiger partial charge in [0.25, 0.3) is 0 Å². The van der Waals surface area contributed by atoms with Crippen LogP contribution in [0.4, 0.5) is 10.3 Å². The van der Waals surface area contributed by atoms with Crippen LogP contribution in [-0.2, 0) is 6.54 Å². The van der Waals surface area contributed by atoms with Crippen LogP contribution in [0.25, 0.3) is 11.0 Å². The number of aryl methyl sites for hydroxylation is 1. The van der Waals surface area contributed by atoms with Crippen molar-refractivity contribution in [3.8, 4) is 0 Å². The standard InChI is InChI=1S/C12H10FIN4S/c1-6-16-7(5-19-6)4-18-11-2-8(13)9(14)3-10(11)17-12(18)15/h2-3,5H,4H2,1H3,(H2,15,17). The largest absolute Gasteiger partial charge is 0.369 e. The maximum atomic E-state index is 13.7. The zero-order valence-corrected chi connectivity index (χ0v) is 13.0. The van der Waals surface area contributed by atoms with Crippen LogP contribution in [0.3, 0.4) is 0 Å². The first-order chi connectivity index (χ1) is 9.04. The Balaban J connectivity index is 2.12. The van der Waals surface area contributed by atoms with Gasteiger partial charge in [-0.15, -0.1) is 11.3 Å². The SMILES string of the molecule is Cc1nc(Cn2c(N)nc3cc(I)c(F)cc32)cs1. The van der Waals surface area contributed by atoms with Gasteiger partial charge in [-0.3, -0.25) is 0 Å². The van der Waals surface area contributed by atoms with E-state index in [4.69, 9.17) is 5.73 Å². The Bertz CT molecular complexity index is 765. The third kappa shape index (κ3) is 2.32. The molecule has 0 bridgehead atoms. The predicted octanol–water partition coefficient (Wildman–Crippen LogP) is 3.18. The van der Waals surface area contributed by atoms with Crippen molar-refractivity contribution in [3.63, 3.8) is 0 Å². The van der Waals surface area contributed by atoms with Crippen molar-refractivity contribution < 1.29 is 4.39 Å². The van der Waals surface area contributed by atoms with Gasteiger partial charge in [0.05, 0.1) is 31.8 Å². The van der Waals surface area contributed by atoms with Crippen LogP contribution < -0.4 is 5.73 Å². The van der Waals surface area contributed by atoms with Crippen LogP contribution in [0.1, 0.15) is 10.7 Å². The molecule has 0 radical (unpaired) electrons. The molecule has 2 N–H and O–H groups in total. The predicted molar refractivity (Wildman–Crippen MR) is 82.8 cm³/mol. The van der Waals surface area contributed by atoms with Crippen LogP contribution in [0.15, 0.2) is 17.5 Å². The van der Waals surface area contributed by atoms with Crippen molar-refractivity contribution >= 4 is 50.9 Å². The molecule has 7 heteroatoms. The summed E-state index contributed by atoms with van der Waals surface area (Å²) in [6.45, 7) is 2.46. The van der Waals surface area contributed by atoms with Crippen LogP contribution in [0.5, 0.6) is 0 Å². The lowest BCUT2D eigenvalue weighted by molar-refractivity contribution is 0.621. The molecule has 0 atom stereocenters. The highest BCUT2D eigenvalue weighted by molar-refractivity contribution is 14.1. The van der Waals surface area contributed by atoms with E-state index in [0.29, 0.717) is 27.1 Å². The lowest BCUT2D eigenvalue weighted by atomic mass is 10.3. The maximum absolute atomic E-state index is 13.7. The Hall–Kier alpha value is -1.22. The number of hydrogen-bond donors (Lipinski definition) is 1. The summed E-state index contributed by atoms with van der Waals surface area (Å²) in [5.74, 6) is 0.116. The van der Waals surface area contributed by atoms with E-state index in [0.717, 1.165) is 10.7 Å². The molecule has 1 aromatic carbocycles. The number of anilines is 1. The summed E-state index contributed by atoms with van der Waals surface area (Å²) in [6.07, 6.45) is 0. The summed E-state index contributed by atoms with van der Waals surface area (Å²) in [7, 11) is 0. The molecule has 4 nitrogen and oxygen atoms in total. The van der Waals surface area contributed by atoms with Gasteiger partial charge in [0.15, 0.2) is 0 Å². The Morgan fingerprint density at radius 1 is 1.42 bits per heavy atom.